The van der Waals surface area contributed by atoms with Crippen LogP contribution in [-0.4, -0.2) is 83.1 Å². The van der Waals surface area contributed by atoms with Crippen LogP contribution in [0, 0.1) is 0 Å². The summed E-state index contributed by atoms with van der Waals surface area (Å²) in [5, 5.41) is 0. The molecular weight excluding hydrogens is 525 g/mol. The molecule has 0 aliphatic carbocycles. The van der Waals surface area contributed by atoms with Gasteiger partial charge >= 0.3 is 6.03 Å². The SMILES string of the molecule is C=C1CSCC(OCCOc2ccc3c(c2)SC(=C2C(=O)N(CC)C(=O)N(CC)C2=O)S3)CSC1. The predicted molar refractivity (Wildman–Crippen MR) is 144 cm³/mol. The Labute approximate surface area is 222 Å². The molecular formula is C24H28N2O5S4. The zero-order valence-corrected chi connectivity index (χ0v) is 23.0. The molecule has 0 N–H and O–H groups in total. The average Bonchev–Trinajstić information content (AvgIpc) is 3.23. The summed E-state index contributed by atoms with van der Waals surface area (Å²) in [5.74, 6) is 3.57. The molecule has 188 valence electrons. The van der Waals surface area contributed by atoms with Crippen molar-refractivity contribution in [1.82, 2.24) is 9.80 Å². The summed E-state index contributed by atoms with van der Waals surface area (Å²) in [5.41, 5.74) is 1.35. The number of fused-ring (bicyclic) bond motifs is 1. The maximum absolute atomic E-state index is 12.9. The number of nitrogens with zero attached hydrogens (tertiary/aromatic N) is 2. The minimum Gasteiger partial charge on any atom is -0.491 e. The number of hydrogen-bond donors (Lipinski definition) is 0. The van der Waals surface area contributed by atoms with Gasteiger partial charge in [-0.15, -0.1) is 0 Å². The van der Waals surface area contributed by atoms with Crippen LogP contribution in [0.4, 0.5) is 4.79 Å². The van der Waals surface area contributed by atoms with Gasteiger partial charge in [-0.2, -0.15) is 23.5 Å². The molecule has 1 aromatic rings. The molecule has 0 spiro atoms. The van der Waals surface area contributed by atoms with Crippen molar-refractivity contribution in [2.24, 2.45) is 0 Å². The molecule has 0 radical (unpaired) electrons. The van der Waals surface area contributed by atoms with Crippen molar-refractivity contribution >= 4 is 64.9 Å². The van der Waals surface area contributed by atoms with E-state index in [0.29, 0.717) is 23.2 Å². The maximum atomic E-state index is 12.9. The third-order valence-corrected chi connectivity index (χ3v) is 10.4. The fourth-order valence-corrected chi connectivity index (χ4v) is 8.50. The van der Waals surface area contributed by atoms with Gasteiger partial charge in [0.25, 0.3) is 11.8 Å². The number of likely N-dealkylation sites (N-methyl/N-ethyl adjacent to an activating group) is 2. The molecule has 0 atom stereocenters. The summed E-state index contributed by atoms with van der Waals surface area (Å²) >= 11 is 6.49. The van der Waals surface area contributed by atoms with E-state index in [9.17, 15) is 14.4 Å². The summed E-state index contributed by atoms with van der Waals surface area (Å²) in [6, 6.07) is 5.19. The lowest BCUT2D eigenvalue weighted by molar-refractivity contribution is -0.135. The topological polar surface area (TPSA) is 76.2 Å². The molecule has 4 amide bonds. The first-order valence-electron chi connectivity index (χ1n) is 11.4. The third kappa shape index (κ3) is 6.07. The number of amides is 4. The number of thioether (sulfide) groups is 4. The van der Waals surface area contributed by atoms with E-state index in [0.717, 1.165) is 42.6 Å². The summed E-state index contributed by atoms with van der Waals surface area (Å²) in [7, 11) is 0. The molecule has 3 aliphatic rings. The number of barbiturate groups is 1. The van der Waals surface area contributed by atoms with Gasteiger partial charge in [0.2, 0.25) is 0 Å². The molecule has 2 saturated heterocycles. The van der Waals surface area contributed by atoms with Crippen LogP contribution in [0.2, 0.25) is 0 Å². The van der Waals surface area contributed by atoms with E-state index >= 15 is 0 Å². The van der Waals surface area contributed by atoms with Crippen molar-refractivity contribution < 1.29 is 23.9 Å². The number of carbonyl (C=O) groups excluding carboxylic acids is 3. The molecule has 7 nitrogen and oxygen atoms in total. The van der Waals surface area contributed by atoms with Gasteiger partial charge in [-0.25, -0.2) is 4.79 Å². The summed E-state index contributed by atoms with van der Waals surface area (Å²) in [4.78, 5) is 42.4. The molecule has 3 aliphatic heterocycles. The van der Waals surface area contributed by atoms with Crippen LogP contribution >= 0.6 is 47.0 Å². The van der Waals surface area contributed by atoms with E-state index in [1.165, 1.54) is 29.1 Å². The summed E-state index contributed by atoms with van der Waals surface area (Å²) in [6.07, 6.45) is 0.214. The number of carbonyl (C=O) groups is 3. The predicted octanol–water partition coefficient (Wildman–Crippen LogP) is 4.73. The quantitative estimate of drug-likeness (QED) is 0.207. The highest BCUT2D eigenvalue weighted by atomic mass is 32.2. The van der Waals surface area contributed by atoms with Crippen LogP contribution in [-0.2, 0) is 14.3 Å². The molecule has 0 aromatic heterocycles. The van der Waals surface area contributed by atoms with Crippen LogP contribution in [0.5, 0.6) is 5.75 Å². The molecule has 0 unspecified atom stereocenters. The van der Waals surface area contributed by atoms with E-state index in [4.69, 9.17) is 9.47 Å². The molecule has 4 rings (SSSR count). The molecule has 1 aromatic carbocycles. The van der Waals surface area contributed by atoms with Gasteiger partial charge in [0.1, 0.15) is 17.9 Å². The number of benzene rings is 1. The van der Waals surface area contributed by atoms with Crippen LogP contribution in [0.25, 0.3) is 0 Å². The van der Waals surface area contributed by atoms with Gasteiger partial charge in [0, 0.05) is 45.9 Å². The lowest BCUT2D eigenvalue weighted by atomic mass is 10.2. The van der Waals surface area contributed by atoms with Crippen LogP contribution in [0.15, 0.2) is 50.0 Å². The second-order valence-corrected chi connectivity index (χ2v) is 12.4. The third-order valence-electron chi connectivity index (χ3n) is 5.46. The first-order chi connectivity index (χ1) is 16.9. The Morgan fingerprint density at radius 2 is 1.57 bits per heavy atom. The van der Waals surface area contributed by atoms with Crippen molar-refractivity contribution in [3.63, 3.8) is 0 Å². The highest BCUT2D eigenvalue weighted by Gasteiger charge is 2.43. The highest BCUT2D eigenvalue weighted by Crippen LogP contribution is 2.53. The van der Waals surface area contributed by atoms with Crippen molar-refractivity contribution in [2.75, 3.05) is 49.3 Å². The molecule has 0 bridgehead atoms. The van der Waals surface area contributed by atoms with E-state index in [2.05, 4.69) is 6.58 Å². The number of urea groups is 1. The van der Waals surface area contributed by atoms with Crippen molar-refractivity contribution in [2.45, 2.75) is 29.7 Å². The number of rotatable bonds is 7. The van der Waals surface area contributed by atoms with Crippen LogP contribution in [0.1, 0.15) is 13.8 Å². The number of imide groups is 2. The highest BCUT2D eigenvalue weighted by molar-refractivity contribution is 8.24. The first kappa shape index (κ1) is 26.5. The summed E-state index contributed by atoms with van der Waals surface area (Å²) < 4.78 is 12.5. The van der Waals surface area contributed by atoms with Crippen molar-refractivity contribution in [1.29, 1.82) is 0 Å². The van der Waals surface area contributed by atoms with Crippen molar-refractivity contribution in [3.05, 3.63) is 40.2 Å². The van der Waals surface area contributed by atoms with Crippen LogP contribution < -0.4 is 4.74 Å². The van der Waals surface area contributed by atoms with Gasteiger partial charge in [0.05, 0.1) is 16.9 Å². The Bertz CT molecular complexity index is 1020. The molecule has 0 saturated carbocycles. The van der Waals surface area contributed by atoms with Gasteiger partial charge in [-0.05, 0) is 32.0 Å². The molecule has 11 heteroatoms. The zero-order valence-electron chi connectivity index (χ0n) is 19.7. The second kappa shape index (κ2) is 12.1. The van der Waals surface area contributed by atoms with Crippen LogP contribution in [0.3, 0.4) is 0 Å². The van der Waals surface area contributed by atoms with Gasteiger partial charge in [0.15, 0.2) is 0 Å². The maximum Gasteiger partial charge on any atom is 0.333 e. The van der Waals surface area contributed by atoms with E-state index in [-0.39, 0.29) is 24.8 Å². The van der Waals surface area contributed by atoms with Crippen molar-refractivity contribution in [3.8, 4) is 5.75 Å². The van der Waals surface area contributed by atoms with Gasteiger partial charge in [-0.1, -0.05) is 35.7 Å². The minimum atomic E-state index is -0.556. The standard InChI is InChI=1S/C24H28N2O5S4/c1-4-25-21(27)20(22(28)26(5-2)24(25)29)23-34-18-7-6-16(10-19(18)35-23)30-8-9-31-17-13-32-11-15(3)12-33-14-17/h6-7,10,17H,3-5,8-9,11-14H2,1-2H3. The molecule has 2 fully saturated rings. The Balaban J connectivity index is 1.37. The van der Waals surface area contributed by atoms with E-state index in [1.807, 2.05) is 41.7 Å². The molecule has 3 heterocycles. The Morgan fingerprint density at radius 3 is 2.20 bits per heavy atom. The molecule has 35 heavy (non-hydrogen) atoms. The Kier molecular flexibility index (Phi) is 9.20. The average molecular weight is 553 g/mol. The fourth-order valence-electron chi connectivity index (χ4n) is 3.71. The zero-order chi connectivity index (χ0) is 24.9. The summed E-state index contributed by atoms with van der Waals surface area (Å²) in [6.45, 7) is 8.91. The normalized spacial score (nSPS) is 19.8. The lowest BCUT2D eigenvalue weighted by Gasteiger charge is -2.33. The van der Waals surface area contributed by atoms with E-state index in [1.54, 1.807) is 13.8 Å². The largest absolute Gasteiger partial charge is 0.491 e. The van der Waals surface area contributed by atoms with Gasteiger partial charge < -0.3 is 9.47 Å². The monoisotopic (exact) mass is 552 g/mol. The fraction of sp³-hybridized carbons (Fsp3) is 0.458. The smallest absolute Gasteiger partial charge is 0.333 e. The number of ether oxygens (including phenoxy) is 2. The first-order valence-corrected chi connectivity index (χ1v) is 15.3. The Hall–Kier alpha value is -1.53. The lowest BCUT2D eigenvalue weighted by Crippen LogP contribution is -2.56. The Morgan fingerprint density at radius 1 is 0.943 bits per heavy atom. The minimum absolute atomic E-state index is 0.0638. The number of hydrogen-bond acceptors (Lipinski definition) is 9. The van der Waals surface area contributed by atoms with Gasteiger partial charge in [-0.3, -0.25) is 19.4 Å². The van der Waals surface area contributed by atoms with E-state index < -0.39 is 17.8 Å². The second-order valence-electron chi connectivity index (χ2n) is 7.98.